The standard InChI is InChI=1S/C20H30/c1-15-16(2)20(14-18-11-7-4-8-12-18)19(15)13-17-9-5-3-6-10-17/h17-18H,1-14H2. The highest BCUT2D eigenvalue weighted by Gasteiger charge is 2.30. The molecule has 0 N–H and O–H groups in total. The molecule has 3 aliphatic rings. The minimum atomic E-state index is 0.935. The average Bonchev–Trinajstić information content (AvgIpc) is 2.52. The highest BCUT2D eigenvalue weighted by Crippen LogP contribution is 2.47. The van der Waals surface area contributed by atoms with Gasteiger partial charge in [0.25, 0.3) is 0 Å². The Morgan fingerprint density at radius 2 is 0.950 bits per heavy atom. The fraction of sp³-hybridized carbons (Fsp3) is 0.700. The molecule has 0 heteroatoms. The van der Waals surface area contributed by atoms with Crippen LogP contribution in [0.3, 0.4) is 0 Å². The van der Waals surface area contributed by atoms with Gasteiger partial charge in [-0.25, -0.2) is 0 Å². The zero-order chi connectivity index (χ0) is 13.9. The SMILES string of the molecule is C=C1C(=C)C(CC2CCCCC2)=C1CC1CCCCC1. The Morgan fingerprint density at radius 1 is 0.600 bits per heavy atom. The largest absolute Gasteiger partial charge is 0.0909 e. The molecule has 0 atom stereocenters. The van der Waals surface area contributed by atoms with E-state index < -0.39 is 0 Å². The lowest BCUT2D eigenvalue weighted by molar-refractivity contribution is 0.345. The van der Waals surface area contributed by atoms with Crippen LogP contribution in [0.5, 0.6) is 0 Å². The summed E-state index contributed by atoms with van der Waals surface area (Å²) in [4.78, 5) is 0. The zero-order valence-electron chi connectivity index (χ0n) is 13.1. The molecule has 20 heavy (non-hydrogen) atoms. The van der Waals surface area contributed by atoms with Gasteiger partial charge in [0, 0.05) is 0 Å². The topological polar surface area (TPSA) is 0 Å². The Balaban J connectivity index is 1.64. The van der Waals surface area contributed by atoms with Crippen LogP contribution in [0.15, 0.2) is 35.5 Å². The molecule has 2 saturated carbocycles. The Labute approximate surface area is 125 Å². The van der Waals surface area contributed by atoms with Crippen molar-refractivity contribution in [3.05, 3.63) is 35.5 Å². The van der Waals surface area contributed by atoms with Crippen molar-refractivity contribution in [2.45, 2.75) is 77.0 Å². The predicted octanol–water partition coefficient (Wildman–Crippen LogP) is 6.35. The second-order valence-electron chi connectivity index (χ2n) is 7.33. The quantitative estimate of drug-likeness (QED) is 0.558. The van der Waals surface area contributed by atoms with Gasteiger partial charge in [-0.3, -0.25) is 0 Å². The molecule has 0 aromatic heterocycles. The molecule has 110 valence electrons. The van der Waals surface area contributed by atoms with E-state index >= 15 is 0 Å². The molecule has 0 bridgehead atoms. The van der Waals surface area contributed by atoms with Crippen LogP contribution in [0.4, 0.5) is 0 Å². The number of rotatable bonds is 4. The molecular formula is C20H30. The third-order valence-electron chi connectivity index (χ3n) is 5.89. The van der Waals surface area contributed by atoms with E-state index in [1.165, 1.54) is 88.2 Å². The summed E-state index contributed by atoms with van der Waals surface area (Å²) in [7, 11) is 0. The molecule has 0 nitrogen and oxygen atoms in total. The molecule has 0 aliphatic heterocycles. The smallest absolute Gasteiger partial charge is 0.0224 e. The molecule has 0 amide bonds. The van der Waals surface area contributed by atoms with Crippen molar-refractivity contribution in [2.24, 2.45) is 11.8 Å². The first kappa shape index (κ1) is 14.2. The maximum atomic E-state index is 4.27. The average molecular weight is 270 g/mol. The predicted molar refractivity (Wildman–Crippen MR) is 87.7 cm³/mol. The molecule has 0 unspecified atom stereocenters. The minimum Gasteiger partial charge on any atom is -0.0909 e. The van der Waals surface area contributed by atoms with E-state index in [1.807, 2.05) is 0 Å². The summed E-state index contributed by atoms with van der Waals surface area (Å²) < 4.78 is 0. The van der Waals surface area contributed by atoms with Gasteiger partial charge in [-0.15, -0.1) is 0 Å². The van der Waals surface area contributed by atoms with Crippen LogP contribution < -0.4 is 0 Å². The van der Waals surface area contributed by atoms with Gasteiger partial charge in [0.1, 0.15) is 0 Å². The normalized spacial score (nSPS) is 26.0. The summed E-state index contributed by atoms with van der Waals surface area (Å²) in [6.45, 7) is 8.55. The Morgan fingerprint density at radius 3 is 1.30 bits per heavy atom. The van der Waals surface area contributed by atoms with E-state index in [2.05, 4.69) is 13.2 Å². The Hall–Kier alpha value is -0.780. The van der Waals surface area contributed by atoms with Crippen molar-refractivity contribution in [3.8, 4) is 0 Å². The molecule has 0 saturated heterocycles. The molecule has 0 heterocycles. The maximum absolute atomic E-state index is 4.27. The summed E-state index contributed by atoms with van der Waals surface area (Å²) >= 11 is 0. The van der Waals surface area contributed by atoms with Crippen molar-refractivity contribution in [2.75, 3.05) is 0 Å². The minimum absolute atomic E-state index is 0.935. The van der Waals surface area contributed by atoms with E-state index in [1.54, 1.807) is 11.1 Å². The van der Waals surface area contributed by atoms with Crippen LogP contribution in [0.2, 0.25) is 0 Å². The van der Waals surface area contributed by atoms with Gasteiger partial charge in [-0.1, -0.05) is 77.4 Å². The van der Waals surface area contributed by atoms with Crippen molar-refractivity contribution in [1.82, 2.24) is 0 Å². The van der Waals surface area contributed by atoms with Crippen molar-refractivity contribution in [3.63, 3.8) is 0 Å². The first-order valence-corrected chi connectivity index (χ1v) is 8.86. The highest BCUT2D eigenvalue weighted by molar-refractivity contribution is 5.67. The van der Waals surface area contributed by atoms with E-state index in [-0.39, 0.29) is 0 Å². The van der Waals surface area contributed by atoms with Gasteiger partial charge in [0.15, 0.2) is 0 Å². The Bertz CT molecular complexity index is 371. The highest BCUT2D eigenvalue weighted by atomic mass is 14.3. The second kappa shape index (κ2) is 6.33. The second-order valence-corrected chi connectivity index (χ2v) is 7.33. The molecular weight excluding hydrogens is 240 g/mol. The van der Waals surface area contributed by atoms with Crippen molar-refractivity contribution in [1.29, 1.82) is 0 Å². The molecule has 2 fully saturated rings. The van der Waals surface area contributed by atoms with Gasteiger partial charge >= 0.3 is 0 Å². The lowest BCUT2D eigenvalue weighted by Crippen LogP contribution is -2.19. The molecule has 0 spiro atoms. The lowest BCUT2D eigenvalue weighted by Gasteiger charge is -2.35. The van der Waals surface area contributed by atoms with Crippen molar-refractivity contribution < 1.29 is 0 Å². The first-order valence-electron chi connectivity index (χ1n) is 8.86. The van der Waals surface area contributed by atoms with Crippen LogP contribution >= 0.6 is 0 Å². The molecule has 3 rings (SSSR count). The molecule has 3 aliphatic carbocycles. The summed E-state index contributed by atoms with van der Waals surface area (Å²) in [5.41, 5.74) is 5.82. The third kappa shape index (κ3) is 2.95. The van der Waals surface area contributed by atoms with E-state index in [4.69, 9.17) is 0 Å². The third-order valence-corrected chi connectivity index (χ3v) is 5.89. The van der Waals surface area contributed by atoms with E-state index in [0.29, 0.717) is 0 Å². The van der Waals surface area contributed by atoms with Gasteiger partial charge in [0.2, 0.25) is 0 Å². The fourth-order valence-corrected chi connectivity index (χ4v) is 4.52. The number of allylic oxidation sites excluding steroid dienone is 4. The fourth-order valence-electron chi connectivity index (χ4n) is 4.52. The van der Waals surface area contributed by atoms with Gasteiger partial charge in [0.05, 0.1) is 0 Å². The summed E-state index contributed by atoms with van der Waals surface area (Å²) in [5, 5.41) is 0. The number of hydrogen-bond acceptors (Lipinski definition) is 0. The van der Waals surface area contributed by atoms with Crippen LogP contribution in [0.25, 0.3) is 0 Å². The summed E-state index contributed by atoms with van der Waals surface area (Å²) in [6, 6.07) is 0. The van der Waals surface area contributed by atoms with Crippen LogP contribution in [0, 0.1) is 11.8 Å². The monoisotopic (exact) mass is 270 g/mol. The van der Waals surface area contributed by atoms with E-state index in [9.17, 15) is 0 Å². The van der Waals surface area contributed by atoms with Gasteiger partial charge in [-0.2, -0.15) is 0 Å². The lowest BCUT2D eigenvalue weighted by atomic mass is 9.69. The van der Waals surface area contributed by atoms with Crippen LogP contribution in [-0.4, -0.2) is 0 Å². The van der Waals surface area contributed by atoms with Crippen LogP contribution in [0.1, 0.15) is 77.0 Å². The molecule has 0 aromatic rings. The van der Waals surface area contributed by atoms with Crippen LogP contribution in [-0.2, 0) is 0 Å². The molecule has 0 radical (unpaired) electrons. The zero-order valence-corrected chi connectivity index (χ0v) is 13.1. The molecule has 0 aromatic carbocycles. The van der Waals surface area contributed by atoms with E-state index in [0.717, 1.165) is 11.8 Å². The number of hydrogen-bond donors (Lipinski definition) is 0. The van der Waals surface area contributed by atoms with Gasteiger partial charge in [-0.05, 0) is 47.0 Å². The first-order chi connectivity index (χ1) is 9.75. The Kier molecular flexibility index (Phi) is 4.48. The summed E-state index contributed by atoms with van der Waals surface area (Å²) in [6.07, 6.45) is 17.1. The summed E-state index contributed by atoms with van der Waals surface area (Å²) in [5.74, 6) is 1.87. The van der Waals surface area contributed by atoms with Crippen molar-refractivity contribution >= 4 is 0 Å². The van der Waals surface area contributed by atoms with Gasteiger partial charge < -0.3 is 0 Å². The maximum Gasteiger partial charge on any atom is -0.0224 e.